The summed E-state index contributed by atoms with van der Waals surface area (Å²) in [6, 6.07) is 3.45. The number of hydrogen-bond acceptors (Lipinski definition) is 3. The topological polar surface area (TPSA) is 51.2 Å². The van der Waals surface area contributed by atoms with Crippen LogP contribution in [0.5, 0.6) is 0 Å². The second-order valence-electron chi connectivity index (χ2n) is 1.73. The summed E-state index contributed by atoms with van der Waals surface area (Å²) in [6.45, 7) is 0. The van der Waals surface area contributed by atoms with E-state index < -0.39 is 6.09 Å². The number of aromatic nitrogens is 1. The minimum Gasteiger partial charge on any atom is -0.378 e. The van der Waals surface area contributed by atoms with Crippen LogP contribution in [0.25, 0.3) is 0 Å². The van der Waals surface area contributed by atoms with Gasteiger partial charge in [-0.3, -0.25) is 10.3 Å². The molecule has 0 bridgehead atoms. The third kappa shape index (κ3) is 2.71. The van der Waals surface area contributed by atoms with Crippen molar-refractivity contribution in [3.63, 3.8) is 0 Å². The van der Waals surface area contributed by atoms with Crippen molar-refractivity contribution < 1.29 is 7.86 Å². The normalized spacial score (nSPS) is 8.82. The Morgan fingerprint density at radius 1 is 1.73 bits per heavy atom. The summed E-state index contributed by atoms with van der Waals surface area (Å²) in [4.78, 5) is 14.4. The zero-order valence-electron chi connectivity index (χ0n) is 5.45. The minimum absolute atomic E-state index is 0.501. The summed E-state index contributed by atoms with van der Waals surface area (Å²) in [5.74, 6) is 0. The maximum atomic E-state index is 10.6. The first-order valence-electron chi connectivity index (χ1n) is 2.82. The fourth-order valence-corrected chi connectivity index (χ4v) is 0.684. The van der Waals surface area contributed by atoms with E-state index in [2.05, 4.69) is 13.4 Å². The van der Waals surface area contributed by atoms with Crippen LogP contribution in [0, 0.1) is 0 Å². The van der Waals surface area contributed by atoms with Gasteiger partial charge in [0.2, 0.25) is 0 Å². The first-order chi connectivity index (χ1) is 5.33. The molecule has 0 aliphatic rings. The Hall–Kier alpha value is -0.850. The largest absolute Gasteiger partial charge is 0.421 e. The maximum absolute atomic E-state index is 10.6. The highest BCUT2D eigenvalue weighted by Gasteiger charge is 1.98. The van der Waals surface area contributed by atoms with Crippen LogP contribution in [0.1, 0.15) is 0 Å². The molecule has 1 aromatic heterocycles. The van der Waals surface area contributed by atoms with Crippen LogP contribution in [-0.2, 0) is 3.07 Å². The second kappa shape index (κ2) is 4.12. The number of carbonyl (C=O) groups is 1. The summed E-state index contributed by atoms with van der Waals surface area (Å²) in [5.41, 5.74) is 0.620. The molecule has 0 aliphatic carbocycles. The Morgan fingerprint density at radius 2 is 2.55 bits per heavy atom. The van der Waals surface area contributed by atoms with Gasteiger partial charge in [-0.15, -0.1) is 0 Å². The van der Waals surface area contributed by atoms with Crippen molar-refractivity contribution in [1.29, 1.82) is 0 Å². The van der Waals surface area contributed by atoms with Crippen LogP contribution >= 0.6 is 23.0 Å². The quantitative estimate of drug-likeness (QED) is 0.789. The molecule has 0 atom stereocenters. The molecule has 1 rings (SSSR count). The minimum atomic E-state index is -0.501. The molecule has 1 N–H and O–H groups in total. The predicted octanol–water partition coefficient (Wildman–Crippen LogP) is 1.98. The molecule has 1 aromatic rings. The first-order valence-corrected chi connectivity index (χ1v) is 3.70. The number of hydrogen-bond donors (Lipinski definition) is 1. The van der Waals surface area contributed by atoms with Crippen LogP contribution in [0.4, 0.5) is 10.5 Å². The molecule has 4 nitrogen and oxygen atoms in total. The number of pyridine rings is 1. The van der Waals surface area contributed by atoms with Gasteiger partial charge in [0.05, 0.1) is 11.9 Å². The number of amides is 1. The number of carbonyl (C=O) groups excluding carboxylic acids is 1. The van der Waals surface area contributed by atoms with Gasteiger partial charge in [-0.1, -0.05) is 0 Å². The Balaban J connectivity index is 2.58. The van der Waals surface area contributed by atoms with Crippen molar-refractivity contribution in [2.45, 2.75) is 0 Å². The highest BCUT2D eigenvalue weighted by atomic mass is 127. The molecule has 0 aromatic carbocycles. The maximum Gasteiger partial charge on any atom is 0.421 e. The summed E-state index contributed by atoms with van der Waals surface area (Å²) >= 11 is 1.51. The van der Waals surface area contributed by atoms with E-state index in [4.69, 9.17) is 0 Å². The third-order valence-electron chi connectivity index (χ3n) is 0.978. The Morgan fingerprint density at radius 3 is 3.09 bits per heavy atom. The van der Waals surface area contributed by atoms with Gasteiger partial charge in [0, 0.05) is 6.20 Å². The monoisotopic (exact) mass is 264 g/mol. The summed E-state index contributed by atoms with van der Waals surface area (Å²) in [7, 11) is 0. The van der Waals surface area contributed by atoms with Gasteiger partial charge in [0.25, 0.3) is 0 Å². The molecule has 58 valence electrons. The molecule has 0 unspecified atom stereocenters. The van der Waals surface area contributed by atoms with E-state index in [1.165, 1.54) is 29.2 Å². The van der Waals surface area contributed by atoms with Gasteiger partial charge in [0.1, 0.15) is 0 Å². The predicted molar refractivity (Wildman–Crippen MR) is 48.4 cm³/mol. The molecule has 1 heterocycles. The molecule has 0 aliphatic heterocycles. The van der Waals surface area contributed by atoms with Crippen LogP contribution < -0.4 is 5.32 Å². The molecule has 5 heteroatoms. The SMILES string of the molecule is O=C(Nc1cccnc1)OI. The lowest BCUT2D eigenvalue weighted by molar-refractivity contribution is 0.228. The zero-order chi connectivity index (χ0) is 8.10. The van der Waals surface area contributed by atoms with Gasteiger partial charge in [-0.05, 0) is 12.1 Å². The van der Waals surface area contributed by atoms with Crippen molar-refractivity contribution in [2.24, 2.45) is 0 Å². The van der Waals surface area contributed by atoms with Gasteiger partial charge in [-0.25, -0.2) is 4.79 Å². The van der Waals surface area contributed by atoms with E-state index in [0.29, 0.717) is 5.69 Å². The van der Waals surface area contributed by atoms with Gasteiger partial charge in [-0.2, -0.15) is 0 Å². The molecule has 0 saturated heterocycles. The van der Waals surface area contributed by atoms with Gasteiger partial charge >= 0.3 is 6.09 Å². The van der Waals surface area contributed by atoms with E-state index in [0.717, 1.165) is 0 Å². The van der Waals surface area contributed by atoms with Crippen LogP contribution in [0.3, 0.4) is 0 Å². The number of rotatable bonds is 1. The highest BCUT2D eigenvalue weighted by molar-refractivity contribution is 14.1. The third-order valence-corrected chi connectivity index (χ3v) is 1.38. The van der Waals surface area contributed by atoms with E-state index in [1.807, 2.05) is 0 Å². The summed E-state index contributed by atoms with van der Waals surface area (Å²) in [5, 5.41) is 2.46. The molecule has 11 heavy (non-hydrogen) atoms. The highest BCUT2D eigenvalue weighted by Crippen LogP contribution is 2.03. The van der Waals surface area contributed by atoms with Gasteiger partial charge in [0.15, 0.2) is 23.0 Å². The molecule has 0 spiro atoms. The van der Waals surface area contributed by atoms with Crippen LogP contribution in [-0.4, -0.2) is 11.1 Å². The smallest absolute Gasteiger partial charge is 0.378 e. The van der Waals surface area contributed by atoms with E-state index in [-0.39, 0.29) is 0 Å². The summed E-state index contributed by atoms with van der Waals surface area (Å²) < 4.78 is 4.35. The number of nitrogens with zero attached hydrogens (tertiary/aromatic N) is 1. The van der Waals surface area contributed by atoms with Crippen molar-refractivity contribution in [2.75, 3.05) is 5.32 Å². The molecule has 0 radical (unpaired) electrons. The Labute approximate surface area is 77.7 Å². The Bertz CT molecular complexity index is 240. The van der Waals surface area contributed by atoms with E-state index in [1.54, 1.807) is 18.3 Å². The Kier molecular flexibility index (Phi) is 3.09. The zero-order valence-corrected chi connectivity index (χ0v) is 7.61. The van der Waals surface area contributed by atoms with Crippen molar-refractivity contribution in [1.82, 2.24) is 4.98 Å². The van der Waals surface area contributed by atoms with Gasteiger partial charge < -0.3 is 3.07 Å². The molecule has 0 fully saturated rings. The van der Waals surface area contributed by atoms with Crippen LogP contribution in [0.15, 0.2) is 24.5 Å². The van der Waals surface area contributed by atoms with Crippen molar-refractivity contribution in [3.8, 4) is 0 Å². The molecule has 0 saturated carbocycles. The van der Waals surface area contributed by atoms with Crippen LogP contribution in [0.2, 0.25) is 0 Å². The van der Waals surface area contributed by atoms with E-state index in [9.17, 15) is 4.79 Å². The van der Waals surface area contributed by atoms with Crippen molar-refractivity contribution in [3.05, 3.63) is 24.5 Å². The molecular weight excluding hydrogens is 259 g/mol. The number of halogens is 1. The standard InChI is InChI=1S/C6H5IN2O2/c7-11-6(10)9-5-2-1-3-8-4-5/h1-4H,(H,9,10). The lowest BCUT2D eigenvalue weighted by atomic mass is 10.4. The lowest BCUT2D eigenvalue weighted by Gasteiger charge is -1.99. The van der Waals surface area contributed by atoms with Crippen molar-refractivity contribution >= 4 is 34.8 Å². The van der Waals surface area contributed by atoms with E-state index >= 15 is 0 Å². The fourth-order valence-electron chi connectivity index (χ4n) is 0.574. The summed E-state index contributed by atoms with van der Waals surface area (Å²) in [6.07, 6.45) is 2.66. The second-order valence-corrected chi connectivity index (χ2v) is 2.17. The number of anilines is 1. The molecular formula is C6H5IN2O2. The number of nitrogens with one attached hydrogen (secondary N) is 1. The average Bonchev–Trinajstić information content (AvgIpc) is 2.06. The lowest BCUT2D eigenvalue weighted by Crippen LogP contribution is -2.08. The molecule has 1 amide bonds. The first kappa shape index (κ1) is 8.25. The average molecular weight is 264 g/mol. The fraction of sp³-hybridized carbons (Fsp3) is 0.